The number of nitrogens with one attached hydrogen (secondary N) is 1. The molecule has 0 aliphatic rings. The van der Waals surface area contributed by atoms with Gasteiger partial charge in [-0.05, 0) is 60.2 Å². The summed E-state index contributed by atoms with van der Waals surface area (Å²) < 4.78 is 7.66. The van der Waals surface area contributed by atoms with Gasteiger partial charge in [-0.2, -0.15) is 5.10 Å². The first-order chi connectivity index (χ1) is 15.2. The van der Waals surface area contributed by atoms with Gasteiger partial charge in [0.2, 0.25) is 0 Å². The Morgan fingerprint density at radius 3 is 2.42 bits per heavy atom. The van der Waals surface area contributed by atoms with Gasteiger partial charge < -0.3 is 9.30 Å². The molecule has 0 bridgehead atoms. The smallest absolute Gasteiger partial charge is 0.273 e. The number of benzene rings is 3. The van der Waals surface area contributed by atoms with Gasteiger partial charge in [-0.25, -0.2) is 5.43 Å². The fourth-order valence-corrected chi connectivity index (χ4v) is 3.23. The SMILES string of the molecule is O=C(N/N=C\c1ccc(OCc2ccccc2Cl)cc1)c1ccccc1-n1cccc1. The maximum atomic E-state index is 12.6. The highest BCUT2D eigenvalue weighted by molar-refractivity contribution is 6.31. The molecule has 6 heteroatoms. The summed E-state index contributed by atoms with van der Waals surface area (Å²) in [7, 11) is 0. The van der Waals surface area contributed by atoms with E-state index in [4.69, 9.17) is 16.3 Å². The second-order valence-electron chi connectivity index (χ2n) is 6.76. The lowest BCUT2D eigenvalue weighted by molar-refractivity contribution is 0.0955. The Balaban J connectivity index is 1.35. The van der Waals surface area contributed by atoms with Crippen LogP contribution >= 0.6 is 11.6 Å². The second-order valence-corrected chi connectivity index (χ2v) is 7.16. The first-order valence-electron chi connectivity index (χ1n) is 9.73. The van der Waals surface area contributed by atoms with Crippen LogP contribution in [0.4, 0.5) is 0 Å². The van der Waals surface area contributed by atoms with E-state index in [9.17, 15) is 4.79 Å². The van der Waals surface area contributed by atoms with E-state index in [1.54, 1.807) is 12.3 Å². The van der Waals surface area contributed by atoms with Crippen LogP contribution in [0, 0.1) is 0 Å². The summed E-state index contributed by atoms with van der Waals surface area (Å²) >= 11 is 6.15. The molecule has 0 spiro atoms. The average Bonchev–Trinajstić information content (AvgIpc) is 3.34. The van der Waals surface area contributed by atoms with Crippen molar-refractivity contribution >= 4 is 23.7 Å². The monoisotopic (exact) mass is 429 g/mol. The number of aromatic nitrogens is 1. The van der Waals surface area contributed by atoms with Crippen LogP contribution in [-0.2, 0) is 6.61 Å². The Hall–Kier alpha value is -3.83. The zero-order chi connectivity index (χ0) is 21.5. The van der Waals surface area contributed by atoms with Crippen molar-refractivity contribution in [3.63, 3.8) is 0 Å². The van der Waals surface area contributed by atoms with Gasteiger partial charge in [0.25, 0.3) is 5.91 Å². The van der Waals surface area contributed by atoms with Crippen LogP contribution < -0.4 is 10.2 Å². The number of hydrogen-bond donors (Lipinski definition) is 1. The van der Waals surface area contributed by atoms with Crippen molar-refractivity contribution in [2.45, 2.75) is 6.61 Å². The fraction of sp³-hybridized carbons (Fsp3) is 0.0400. The number of ether oxygens (including phenoxy) is 1. The molecule has 0 radical (unpaired) electrons. The predicted molar refractivity (Wildman–Crippen MR) is 123 cm³/mol. The summed E-state index contributed by atoms with van der Waals surface area (Å²) in [5.74, 6) is 0.446. The molecule has 1 amide bonds. The number of halogens is 1. The predicted octanol–water partition coefficient (Wildman–Crippen LogP) is 5.47. The van der Waals surface area contributed by atoms with Crippen molar-refractivity contribution in [3.8, 4) is 11.4 Å². The maximum Gasteiger partial charge on any atom is 0.273 e. The van der Waals surface area contributed by atoms with E-state index >= 15 is 0 Å². The number of amides is 1. The van der Waals surface area contributed by atoms with E-state index in [0.29, 0.717) is 17.2 Å². The molecule has 154 valence electrons. The van der Waals surface area contributed by atoms with Gasteiger partial charge in [0.05, 0.1) is 17.5 Å². The van der Waals surface area contributed by atoms with Crippen LogP contribution in [0.25, 0.3) is 5.69 Å². The highest BCUT2D eigenvalue weighted by Gasteiger charge is 2.10. The zero-order valence-corrected chi connectivity index (χ0v) is 17.4. The highest BCUT2D eigenvalue weighted by Crippen LogP contribution is 2.19. The molecule has 1 N–H and O–H groups in total. The molecule has 0 unspecified atom stereocenters. The van der Waals surface area contributed by atoms with Gasteiger partial charge >= 0.3 is 0 Å². The van der Waals surface area contributed by atoms with Gasteiger partial charge in [0.15, 0.2) is 0 Å². The third kappa shape index (κ3) is 5.21. The number of para-hydroxylation sites is 1. The largest absolute Gasteiger partial charge is 0.489 e. The van der Waals surface area contributed by atoms with E-state index in [1.165, 1.54) is 0 Å². The van der Waals surface area contributed by atoms with E-state index < -0.39 is 0 Å². The molecule has 0 fully saturated rings. The van der Waals surface area contributed by atoms with Crippen LogP contribution in [0.15, 0.2) is 102 Å². The lowest BCUT2D eigenvalue weighted by Gasteiger charge is -2.09. The van der Waals surface area contributed by atoms with Crippen LogP contribution in [0.5, 0.6) is 5.75 Å². The molecule has 1 heterocycles. The third-order valence-corrected chi connectivity index (χ3v) is 5.01. The van der Waals surface area contributed by atoms with E-state index in [0.717, 1.165) is 22.6 Å². The maximum absolute atomic E-state index is 12.6. The Morgan fingerprint density at radius 2 is 1.65 bits per heavy atom. The van der Waals surface area contributed by atoms with Gasteiger partial charge in [-0.3, -0.25) is 4.79 Å². The van der Waals surface area contributed by atoms with Gasteiger partial charge in [0.1, 0.15) is 12.4 Å². The summed E-state index contributed by atoms with van der Waals surface area (Å²) in [5.41, 5.74) is 5.69. The first-order valence-corrected chi connectivity index (χ1v) is 10.1. The van der Waals surface area contributed by atoms with Crippen molar-refractivity contribution < 1.29 is 9.53 Å². The lowest BCUT2D eigenvalue weighted by Crippen LogP contribution is -2.19. The van der Waals surface area contributed by atoms with Crippen molar-refractivity contribution in [2.24, 2.45) is 5.10 Å². The van der Waals surface area contributed by atoms with E-state index in [-0.39, 0.29) is 5.91 Å². The highest BCUT2D eigenvalue weighted by atomic mass is 35.5. The van der Waals surface area contributed by atoms with Crippen LogP contribution in [0.3, 0.4) is 0 Å². The number of carbonyl (C=O) groups excluding carboxylic acids is 1. The Kier molecular flexibility index (Phi) is 6.45. The fourth-order valence-electron chi connectivity index (χ4n) is 3.04. The topological polar surface area (TPSA) is 55.6 Å². The average molecular weight is 430 g/mol. The van der Waals surface area contributed by atoms with Gasteiger partial charge in [-0.15, -0.1) is 0 Å². The van der Waals surface area contributed by atoms with Crippen molar-refractivity contribution in [1.29, 1.82) is 0 Å². The van der Waals surface area contributed by atoms with Crippen LogP contribution in [0.1, 0.15) is 21.5 Å². The van der Waals surface area contributed by atoms with Gasteiger partial charge in [-0.1, -0.05) is 41.9 Å². The van der Waals surface area contributed by atoms with Gasteiger partial charge in [0, 0.05) is 23.0 Å². The summed E-state index contributed by atoms with van der Waals surface area (Å²) in [6, 6.07) is 26.2. The molecule has 0 aliphatic carbocycles. The molecule has 1 aromatic heterocycles. The summed E-state index contributed by atoms with van der Waals surface area (Å²) in [6.07, 6.45) is 5.38. The van der Waals surface area contributed by atoms with Crippen molar-refractivity contribution in [1.82, 2.24) is 9.99 Å². The van der Waals surface area contributed by atoms with E-state index in [1.807, 2.05) is 95.8 Å². The molecule has 3 aromatic carbocycles. The van der Waals surface area contributed by atoms with Crippen molar-refractivity contribution in [3.05, 3.63) is 119 Å². The number of rotatable bonds is 7. The van der Waals surface area contributed by atoms with E-state index in [2.05, 4.69) is 10.5 Å². The molecular weight excluding hydrogens is 410 g/mol. The molecule has 4 aromatic rings. The second kappa shape index (κ2) is 9.78. The lowest BCUT2D eigenvalue weighted by atomic mass is 10.1. The van der Waals surface area contributed by atoms with Crippen molar-refractivity contribution in [2.75, 3.05) is 0 Å². The summed E-state index contributed by atoms with van der Waals surface area (Å²) in [4.78, 5) is 12.6. The molecular formula is C25H20ClN3O2. The zero-order valence-electron chi connectivity index (χ0n) is 16.6. The molecule has 4 rings (SSSR count). The molecule has 0 aliphatic heterocycles. The standard InChI is InChI=1S/C25H20ClN3O2/c26-23-9-3-1-7-20(23)18-31-21-13-11-19(12-14-21)17-27-28-25(30)22-8-2-4-10-24(22)29-15-5-6-16-29/h1-17H,18H2,(H,28,30)/b27-17-. The third-order valence-electron chi connectivity index (χ3n) is 4.64. The van der Waals surface area contributed by atoms with Crippen LogP contribution in [0.2, 0.25) is 5.02 Å². The number of hydrazone groups is 1. The Morgan fingerprint density at radius 1 is 0.935 bits per heavy atom. The first kappa shape index (κ1) is 20.4. The quantitative estimate of drug-likeness (QED) is 0.312. The summed E-state index contributed by atoms with van der Waals surface area (Å²) in [5, 5.41) is 4.76. The van der Waals surface area contributed by atoms with Crippen LogP contribution in [-0.4, -0.2) is 16.7 Å². The molecule has 5 nitrogen and oxygen atoms in total. The molecule has 0 saturated heterocycles. The number of hydrogen-bond acceptors (Lipinski definition) is 3. The Bertz CT molecular complexity index is 1190. The number of nitrogens with zero attached hydrogens (tertiary/aromatic N) is 2. The molecule has 31 heavy (non-hydrogen) atoms. The molecule has 0 saturated carbocycles. The minimum absolute atomic E-state index is 0.278. The Labute approximate surface area is 185 Å². The minimum Gasteiger partial charge on any atom is -0.489 e. The normalized spacial score (nSPS) is 10.9. The number of carbonyl (C=O) groups is 1. The molecule has 0 atom stereocenters. The minimum atomic E-state index is -0.278. The summed E-state index contributed by atoms with van der Waals surface area (Å²) in [6.45, 7) is 0.393.